The third-order valence-electron chi connectivity index (χ3n) is 6.36. The number of nitrogens with zero attached hydrogens (tertiary/aromatic N) is 5. The SMILES string of the molecule is CCN1CCN(c2cc(N3CCN(C(=O)c4cccs4)C(C)C3)c([N+](=O)[O-])cc2F)CC1. The molecule has 3 heterocycles. The second kappa shape index (κ2) is 9.41. The molecule has 2 saturated heterocycles. The Morgan fingerprint density at radius 2 is 1.88 bits per heavy atom. The topological polar surface area (TPSA) is 73.2 Å². The van der Waals surface area contributed by atoms with Crippen LogP contribution >= 0.6 is 11.3 Å². The minimum Gasteiger partial charge on any atom is -0.367 e. The number of nitro benzene ring substituents is 1. The first kappa shape index (κ1) is 22.5. The van der Waals surface area contributed by atoms with E-state index in [0.29, 0.717) is 49.0 Å². The van der Waals surface area contributed by atoms with Gasteiger partial charge < -0.3 is 19.6 Å². The molecule has 2 fully saturated rings. The van der Waals surface area contributed by atoms with Gasteiger partial charge in [0.1, 0.15) is 5.69 Å². The standard InChI is InChI=1S/C22H28FN5O3S/c1-3-24-6-8-25(9-7-24)18-14-19(20(28(30)31)13-17(18)23)26-10-11-27(16(2)15-26)22(29)21-5-4-12-32-21/h4-5,12-14,16H,3,6-11,15H2,1-2H3. The monoisotopic (exact) mass is 461 g/mol. The first-order valence-electron chi connectivity index (χ1n) is 10.9. The number of piperazine rings is 2. The molecular formula is C22H28FN5O3S. The van der Waals surface area contributed by atoms with Gasteiger partial charge in [0.25, 0.3) is 11.6 Å². The van der Waals surface area contributed by atoms with Gasteiger partial charge in [0.05, 0.1) is 21.6 Å². The predicted molar refractivity (Wildman–Crippen MR) is 124 cm³/mol. The number of halogens is 1. The van der Waals surface area contributed by atoms with Crippen molar-refractivity contribution in [3.05, 3.63) is 50.5 Å². The Labute approximate surface area is 191 Å². The van der Waals surface area contributed by atoms with Crippen LogP contribution in [0, 0.1) is 15.9 Å². The van der Waals surface area contributed by atoms with E-state index in [0.717, 1.165) is 25.7 Å². The number of thiophene rings is 1. The fourth-order valence-electron chi connectivity index (χ4n) is 4.51. The van der Waals surface area contributed by atoms with Crippen molar-refractivity contribution in [1.29, 1.82) is 0 Å². The Hall–Kier alpha value is -2.72. The lowest BCUT2D eigenvalue weighted by Crippen LogP contribution is -2.54. The Balaban J connectivity index is 1.57. The average Bonchev–Trinajstić information content (AvgIpc) is 3.33. The first-order valence-corrected chi connectivity index (χ1v) is 11.8. The molecule has 0 N–H and O–H groups in total. The number of benzene rings is 1. The predicted octanol–water partition coefficient (Wildman–Crippen LogP) is 3.29. The molecule has 2 aliphatic heterocycles. The van der Waals surface area contributed by atoms with Gasteiger partial charge in [-0.1, -0.05) is 13.0 Å². The van der Waals surface area contributed by atoms with Crippen LogP contribution in [0.4, 0.5) is 21.5 Å². The largest absolute Gasteiger partial charge is 0.367 e. The zero-order chi connectivity index (χ0) is 22.8. The Kier molecular flexibility index (Phi) is 6.61. The molecule has 172 valence electrons. The van der Waals surface area contributed by atoms with Crippen molar-refractivity contribution in [2.75, 3.05) is 62.2 Å². The van der Waals surface area contributed by atoms with Crippen LogP contribution in [-0.2, 0) is 0 Å². The van der Waals surface area contributed by atoms with Crippen molar-refractivity contribution in [3.8, 4) is 0 Å². The van der Waals surface area contributed by atoms with Gasteiger partial charge in [0.2, 0.25) is 0 Å². The van der Waals surface area contributed by atoms with Gasteiger partial charge in [-0.05, 0) is 31.0 Å². The van der Waals surface area contributed by atoms with Crippen LogP contribution in [0.15, 0.2) is 29.6 Å². The van der Waals surface area contributed by atoms with Crippen LogP contribution in [0.25, 0.3) is 0 Å². The van der Waals surface area contributed by atoms with E-state index in [1.807, 2.05) is 39.1 Å². The fraction of sp³-hybridized carbons (Fsp3) is 0.500. The Morgan fingerprint density at radius 1 is 1.16 bits per heavy atom. The van der Waals surface area contributed by atoms with Crippen molar-refractivity contribution >= 4 is 34.3 Å². The first-order chi connectivity index (χ1) is 15.4. The minimum atomic E-state index is -0.565. The molecule has 0 radical (unpaired) electrons. The molecule has 0 saturated carbocycles. The lowest BCUT2D eigenvalue weighted by molar-refractivity contribution is -0.384. The lowest BCUT2D eigenvalue weighted by atomic mass is 10.1. The van der Waals surface area contributed by atoms with Crippen LogP contribution in [0.2, 0.25) is 0 Å². The van der Waals surface area contributed by atoms with E-state index >= 15 is 0 Å². The molecule has 4 rings (SSSR count). The van der Waals surface area contributed by atoms with E-state index in [-0.39, 0.29) is 17.6 Å². The van der Waals surface area contributed by atoms with Crippen LogP contribution in [0.1, 0.15) is 23.5 Å². The summed E-state index contributed by atoms with van der Waals surface area (Å²) in [4.78, 5) is 32.7. The van der Waals surface area contributed by atoms with Crippen LogP contribution in [0.3, 0.4) is 0 Å². The molecule has 1 aromatic carbocycles. The number of hydrogen-bond acceptors (Lipinski definition) is 7. The number of amides is 1. The van der Waals surface area contributed by atoms with Crippen LogP contribution < -0.4 is 9.80 Å². The number of hydrogen-bond donors (Lipinski definition) is 0. The van der Waals surface area contributed by atoms with Gasteiger partial charge in [0.15, 0.2) is 5.82 Å². The summed E-state index contributed by atoms with van der Waals surface area (Å²) >= 11 is 1.41. The van der Waals surface area contributed by atoms with Gasteiger partial charge in [0, 0.05) is 51.9 Å². The minimum absolute atomic E-state index is 0.0183. The summed E-state index contributed by atoms with van der Waals surface area (Å²) < 4.78 is 14.9. The number of rotatable bonds is 5. The molecule has 0 spiro atoms. The molecule has 32 heavy (non-hydrogen) atoms. The molecule has 1 aromatic heterocycles. The third-order valence-corrected chi connectivity index (χ3v) is 7.22. The molecule has 2 aromatic rings. The summed E-state index contributed by atoms with van der Waals surface area (Å²) in [7, 11) is 0. The van der Waals surface area contributed by atoms with E-state index in [1.54, 1.807) is 6.07 Å². The molecular weight excluding hydrogens is 433 g/mol. The zero-order valence-electron chi connectivity index (χ0n) is 18.4. The van der Waals surface area contributed by atoms with Crippen molar-refractivity contribution < 1.29 is 14.1 Å². The summed E-state index contributed by atoms with van der Waals surface area (Å²) in [5.74, 6) is -0.583. The highest BCUT2D eigenvalue weighted by atomic mass is 32.1. The highest BCUT2D eigenvalue weighted by molar-refractivity contribution is 7.12. The van der Waals surface area contributed by atoms with Crippen molar-refractivity contribution in [2.24, 2.45) is 0 Å². The molecule has 2 aliphatic rings. The highest BCUT2D eigenvalue weighted by Gasteiger charge is 2.33. The van der Waals surface area contributed by atoms with Crippen molar-refractivity contribution in [3.63, 3.8) is 0 Å². The summed E-state index contributed by atoms with van der Waals surface area (Å²) in [6.45, 7) is 9.39. The Bertz CT molecular complexity index is 978. The second-order valence-corrected chi connectivity index (χ2v) is 9.19. The molecule has 0 bridgehead atoms. The van der Waals surface area contributed by atoms with Crippen LogP contribution in [-0.4, -0.2) is 79.0 Å². The van der Waals surface area contributed by atoms with E-state index < -0.39 is 10.7 Å². The number of anilines is 2. The molecule has 0 aliphatic carbocycles. The maximum Gasteiger partial charge on any atom is 0.295 e. The smallest absolute Gasteiger partial charge is 0.295 e. The van der Waals surface area contributed by atoms with Gasteiger partial charge in [-0.15, -0.1) is 11.3 Å². The number of likely N-dealkylation sites (N-methyl/N-ethyl adjacent to an activating group) is 1. The van der Waals surface area contributed by atoms with Gasteiger partial charge >= 0.3 is 0 Å². The van der Waals surface area contributed by atoms with E-state index in [4.69, 9.17) is 0 Å². The summed E-state index contributed by atoms with van der Waals surface area (Å²) in [6, 6.07) is 6.20. The second-order valence-electron chi connectivity index (χ2n) is 8.24. The molecule has 1 atom stereocenters. The van der Waals surface area contributed by atoms with Gasteiger partial charge in [-0.2, -0.15) is 0 Å². The van der Waals surface area contributed by atoms with Gasteiger partial charge in [-0.3, -0.25) is 14.9 Å². The maximum atomic E-state index is 14.9. The van der Waals surface area contributed by atoms with Crippen LogP contribution in [0.5, 0.6) is 0 Å². The fourth-order valence-corrected chi connectivity index (χ4v) is 5.19. The molecule has 8 nitrogen and oxygen atoms in total. The van der Waals surface area contributed by atoms with Crippen molar-refractivity contribution in [1.82, 2.24) is 9.80 Å². The van der Waals surface area contributed by atoms with E-state index in [2.05, 4.69) is 11.8 Å². The Morgan fingerprint density at radius 3 is 2.47 bits per heavy atom. The average molecular weight is 462 g/mol. The number of carbonyl (C=O) groups is 1. The van der Waals surface area contributed by atoms with E-state index in [9.17, 15) is 19.3 Å². The quantitative estimate of drug-likeness (QED) is 0.503. The van der Waals surface area contributed by atoms with Gasteiger partial charge in [-0.25, -0.2) is 4.39 Å². The lowest BCUT2D eigenvalue weighted by Gasteiger charge is -2.41. The zero-order valence-corrected chi connectivity index (χ0v) is 19.2. The summed E-state index contributed by atoms with van der Waals surface area (Å²) in [5.41, 5.74) is 0.592. The third kappa shape index (κ3) is 4.42. The highest BCUT2D eigenvalue weighted by Crippen LogP contribution is 2.36. The summed E-state index contributed by atoms with van der Waals surface area (Å²) in [6.07, 6.45) is 0. The summed E-state index contributed by atoms with van der Waals surface area (Å²) in [5, 5.41) is 13.6. The number of nitro groups is 1. The normalized spacial score (nSPS) is 20.0. The van der Waals surface area contributed by atoms with Crippen molar-refractivity contribution in [2.45, 2.75) is 19.9 Å². The molecule has 10 heteroatoms. The van der Waals surface area contributed by atoms with E-state index in [1.165, 1.54) is 11.3 Å². The number of carbonyl (C=O) groups excluding carboxylic acids is 1. The maximum absolute atomic E-state index is 14.9. The molecule has 1 unspecified atom stereocenters. The molecule has 1 amide bonds.